The third-order valence-corrected chi connectivity index (χ3v) is 1.23. The highest BCUT2D eigenvalue weighted by molar-refractivity contribution is 6.27. The molecule has 0 aliphatic carbocycles. The maximum Gasteiger partial charge on any atom is 0.314 e. The monoisotopic (exact) mass is 187 g/mol. The molecule has 0 N–H and O–H groups in total. The van der Waals surface area contributed by atoms with E-state index in [1.807, 2.05) is 0 Å². The molecule has 12 heavy (non-hydrogen) atoms. The molecule has 0 radical (unpaired) electrons. The largest absolute Gasteiger partial charge is 0.464 e. The maximum atomic E-state index is 9.98. The molecule has 0 aliphatic rings. The molecule has 0 bridgehead atoms. The number of rotatable bonds is 3. The molecular weight excluding hydrogens is 182 g/mol. The average molecular weight is 188 g/mol. The first-order chi connectivity index (χ1) is 5.77. The normalized spacial score (nSPS) is 9.17. The molecule has 0 fully saturated rings. The molecule has 1 aromatic heterocycles. The summed E-state index contributed by atoms with van der Waals surface area (Å²) >= 11 is 5.43. The molecule has 0 unspecified atom stereocenters. The lowest BCUT2D eigenvalue weighted by Crippen LogP contribution is -1.91. The molecule has 0 atom stereocenters. The van der Waals surface area contributed by atoms with E-state index >= 15 is 0 Å². The third kappa shape index (κ3) is 1.87. The number of hydrogen-bond acceptors (Lipinski definition) is 4. The number of ether oxygens (including phenoxy) is 1. The van der Waals surface area contributed by atoms with Crippen molar-refractivity contribution >= 4 is 23.6 Å². The van der Waals surface area contributed by atoms with Crippen LogP contribution in [0.4, 0.5) is 0 Å². The Labute approximate surface area is 73.8 Å². The van der Waals surface area contributed by atoms with Crippen molar-refractivity contribution in [1.29, 1.82) is 0 Å². The van der Waals surface area contributed by atoms with E-state index in [9.17, 15) is 4.79 Å². The van der Waals surface area contributed by atoms with Gasteiger partial charge >= 0.3 is 5.95 Å². The Balaban J connectivity index is 2.99. The summed E-state index contributed by atoms with van der Waals surface area (Å²) in [7, 11) is 0. The maximum absolute atomic E-state index is 9.98. The molecule has 1 rings (SSSR count). The molecule has 0 amide bonds. The highest BCUT2D eigenvalue weighted by Crippen LogP contribution is 2.23. The van der Waals surface area contributed by atoms with Gasteiger partial charge < -0.3 is 9.15 Å². The summed E-state index contributed by atoms with van der Waals surface area (Å²) in [4.78, 5) is 13.7. The predicted octanol–water partition coefficient (Wildman–Crippen LogP) is 1.57. The Morgan fingerprint density at radius 2 is 2.58 bits per heavy atom. The van der Waals surface area contributed by atoms with Gasteiger partial charge in [0, 0.05) is 0 Å². The summed E-state index contributed by atoms with van der Waals surface area (Å²) in [5.74, 6) is 1.70. The van der Waals surface area contributed by atoms with Crippen LogP contribution in [0, 0.1) is 0 Å². The van der Waals surface area contributed by atoms with E-state index in [0.717, 1.165) is 6.08 Å². The smallest absolute Gasteiger partial charge is 0.314 e. The number of carbonyl (C=O) groups excluding carboxylic acids is 1. The van der Waals surface area contributed by atoms with Crippen molar-refractivity contribution in [1.82, 2.24) is 4.98 Å². The lowest BCUT2D eigenvalue weighted by atomic mass is 10.4. The zero-order chi connectivity index (χ0) is 8.97. The topological polar surface area (TPSA) is 52.3 Å². The minimum Gasteiger partial charge on any atom is -0.464 e. The van der Waals surface area contributed by atoms with Crippen LogP contribution in [-0.2, 0) is 4.79 Å². The van der Waals surface area contributed by atoms with Crippen molar-refractivity contribution < 1.29 is 13.9 Å². The van der Waals surface area contributed by atoms with Crippen LogP contribution >= 0.6 is 11.6 Å². The predicted molar refractivity (Wildman–Crippen MR) is 42.8 cm³/mol. The molecular formula is C7H6ClNO3. The Morgan fingerprint density at radius 3 is 3.17 bits per heavy atom. The molecule has 4 nitrogen and oxygen atoms in total. The first kappa shape index (κ1) is 8.84. The van der Waals surface area contributed by atoms with Crippen molar-refractivity contribution in [2.75, 3.05) is 6.61 Å². The Bertz CT molecular complexity index is 314. The van der Waals surface area contributed by atoms with Gasteiger partial charge in [0.25, 0.3) is 5.35 Å². The summed E-state index contributed by atoms with van der Waals surface area (Å²) < 4.78 is 9.82. The van der Waals surface area contributed by atoms with Gasteiger partial charge in [0.05, 0.1) is 12.7 Å². The minimum absolute atomic E-state index is 0.0556. The van der Waals surface area contributed by atoms with Crippen molar-refractivity contribution in [3.63, 3.8) is 0 Å². The van der Waals surface area contributed by atoms with Gasteiger partial charge in [-0.25, -0.2) is 4.79 Å². The van der Waals surface area contributed by atoms with E-state index in [2.05, 4.69) is 4.98 Å². The van der Waals surface area contributed by atoms with Crippen molar-refractivity contribution in [2.45, 2.75) is 6.92 Å². The molecule has 1 aromatic rings. The molecule has 0 aromatic carbocycles. The highest BCUT2D eigenvalue weighted by atomic mass is 35.5. The van der Waals surface area contributed by atoms with Gasteiger partial charge in [0.15, 0.2) is 5.69 Å². The van der Waals surface area contributed by atoms with Gasteiger partial charge in [-0.05, 0) is 18.5 Å². The Morgan fingerprint density at radius 1 is 1.83 bits per heavy atom. The molecule has 1 heterocycles. The van der Waals surface area contributed by atoms with Gasteiger partial charge in [0.2, 0.25) is 0 Å². The summed E-state index contributed by atoms with van der Waals surface area (Å²) in [6, 6.07) is 0. The molecule has 64 valence electrons. The van der Waals surface area contributed by atoms with E-state index in [4.69, 9.17) is 20.8 Å². The second-order valence-corrected chi connectivity index (χ2v) is 2.16. The minimum atomic E-state index is -0.0556. The summed E-state index contributed by atoms with van der Waals surface area (Å²) in [5, 5.41) is -0.0556. The van der Waals surface area contributed by atoms with Gasteiger partial charge in [-0.1, -0.05) is 0 Å². The number of hydrogen-bond donors (Lipinski definition) is 0. The second-order valence-electron chi connectivity index (χ2n) is 1.83. The SMILES string of the molecule is CCOc1oc(Cl)nc1C=C=O. The Kier molecular flexibility index (Phi) is 2.91. The van der Waals surface area contributed by atoms with Gasteiger partial charge in [0.1, 0.15) is 5.94 Å². The van der Waals surface area contributed by atoms with Gasteiger partial charge in [-0.3, -0.25) is 0 Å². The highest BCUT2D eigenvalue weighted by Gasteiger charge is 2.10. The zero-order valence-corrected chi connectivity index (χ0v) is 7.09. The van der Waals surface area contributed by atoms with Gasteiger partial charge in [-0.15, -0.1) is 0 Å². The van der Waals surface area contributed by atoms with Gasteiger partial charge in [-0.2, -0.15) is 4.98 Å². The first-order valence-corrected chi connectivity index (χ1v) is 3.65. The Hall–Kier alpha value is -1.25. The van der Waals surface area contributed by atoms with Crippen LogP contribution in [-0.4, -0.2) is 17.5 Å². The van der Waals surface area contributed by atoms with E-state index in [1.165, 1.54) is 0 Å². The van der Waals surface area contributed by atoms with E-state index < -0.39 is 0 Å². The van der Waals surface area contributed by atoms with E-state index in [0.29, 0.717) is 6.61 Å². The van der Waals surface area contributed by atoms with Crippen LogP contribution in [0.15, 0.2) is 4.42 Å². The fourth-order valence-corrected chi connectivity index (χ4v) is 0.835. The fourth-order valence-electron chi connectivity index (χ4n) is 0.673. The van der Waals surface area contributed by atoms with Crippen molar-refractivity contribution in [3.05, 3.63) is 11.0 Å². The zero-order valence-electron chi connectivity index (χ0n) is 6.33. The van der Waals surface area contributed by atoms with Crippen LogP contribution in [0.3, 0.4) is 0 Å². The molecule has 0 spiro atoms. The number of nitrogens with zero attached hydrogens (tertiary/aromatic N) is 1. The number of aromatic nitrogens is 1. The van der Waals surface area contributed by atoms with Crippen LogP contribution in [0.2, 0.25) is 5.35 Å². The molecule has 0 aliphatic heterocycles. The van der Waals surface area contributed by atoms with Crippen LogP contribution in [0.1, 0.15) is 12.6 Å². The van der Waals surface area contributed by atoms with E-state index in [-0.39, 0.29) is 17.0 Å². The second kappa shape index (κ2) is 3.95. The molecule has 0 saturated carbocycles. The standard InChI is InChI=1S/C7H6ClNO3/c1-2-11-6-5(3-4-10)9-7(8)12-6/h3H,2H2,1H3. The lowest BCUT2D eigenvalue weighted by Gasteiger charge is -1.95. The molecule has 5 heteroatoms. The van der Waals surface area contributed by atoms with Crippen LogP contribution in [0.25, 0.3) is 6.08 Å². The average Bonchev–Trinajstić information content (AvgIpc) is 2.33. The van der Waals surface area contributed by atoms with Crippen LogP contribution < -0.4 is 4.74 Å². The van der Waals surface area contributed by atoms with Crippen molar-refractivity contribution in [2.24, 2.45) is 0 Å². The quantitative estimate of drug-likeness (QED) is 0.674. The summed E-state index contributed by atoms with van der Waals surface area (Å²) in [6.45, 7) is 2.20. The number of halogens is 1. The summed E-state index contributed by atoms with van der Waals surface area (Å²) in [5.41, 5.74) is 0.261. The lowest BCUT2D eigenvalue weighted by molar-refractivity contribution is 0.257. The summed E-state index contributed by atoms with van der Waals surface area (Å²) in [6.07, 6.45) is 1.10. The molecule has 0 saturated heterocycles. The third-order valence-electron chi connectivity index (χ3n) is 1.07. The first-order valence-electron chi connectivity index (χ1n) is 3.28. The van der Waals surface area contributed by atoms with Crippen molar-refractivity contribution in [3.8, 4) is 5.95 Å². The number of oxazole rings is 1. The van der Waals surface area contributed by atoms with E-state index in [1.54, 1.807) is 12.9 Å². The fraction of sp³-hybridized carbons (Fsp3) is 0.286. The van der Waals surface area contributed by atoms with Crippen LogP contribution in [0.5, 0.6) is 5.95 Å².